The maximum Gasteiger partial charge on any atom is 0.321 e. The number of fused-ring (bicyclic) bond motifs is 4. The van der Waals surface area contributed by atoms with E-state index < -0.39 is 0 Å². The Kier molecular flexibility index (Phi) is 5.18. The highest BCUT2D eigenvalue weighted by Crippen LogP contribution is 2.35. The van der Waals surface area contributed by atoms with Gasteiger partial charge in [-0.05, 0) is 48.7 Å². The Morgan fingerprint density at radius 2 is 1.69 bits per heavy atom. The van der Waals surface area contributed by atoms with Crippen molar-refractivity contribution in [2.75, 3.05) is 23.7 Å². The average Bonchev–Trinajstić information content (AvgIpc) is 2.82. The number of anilines is 2. The first-order chi connectivity index (χ1) is 15.6. The van der Waals surface area contributed by atoms with Crippen LogP contribution in [-0.4, -0.2) is 39.5 Å². The van der Waals surface area contributed by atoms with Gasteiger partial charge >= 0.3 is 6.03 Å². The standard InChI is InChI=1S/C24H23N5O3/c30-22(17-8-10-25-11-9-17)27-20-6-7-21-18-12-16(14-29(21)23(20)31)13-28(15-18)24(32)26-19-4-2-1-3-5-19/h1-11,16,18H,12-15H2,(H,26,32)(H,27,30). The summed E-state index contributed by atoms with van der Waals surface area (Å²) in [6.07, 6.45) is 4.02. The third kappa shape index (κ3) is 3.87. The van der Waals surface area contributed by atoms with Gasteiger partial charge in [0.25, 0.3) is 11.5 Å². The molecule has 1 fully saturated rings. The summed E-state index contributed by atoms with van der Waals surface area (Å²) in [5, 5.41) is 5.67. The van der Waals surface area contributed by atoms with Crippen molar-refractivity contribution in [3.63, 3.8) is 0 Å². The summed E-state index contributed by atoms with van der Waals surface area (Å²) < 4.78 is 1.76. The first kappa shape index (κ1) is 20.0. The van der Waals surface area contributed by atoms with Gasteiger partial charge in [0.1, 0.15) is 5.69 Å². The van der Waals surface area contributed by atoms with E-state index in [4.69, 9.17) is 0 Å². The molecule has 1 aromatic carbocycles. The Balaban J connectivity index is 1.34. The zero-order chi connectivity index (χ0) is 22.1. The third-order valence-corrected chi connectivity index (χ3v) is 6.11. The van der Waals surface area contributed by atoms with Crippen molar-refractivity contribution in [3.8, 4) is 0 Å². The summed E-state index contributed by atoms with van der Waals surface area (Å²) in [7, 11) is 0. The van der Waals surface area contributed by atoms with Crippen LogP contribution in [0.3, 0.4) is 0 Å². The average molecular weight is 429 g/mol. The molecule has 2 bridgehead atoms. The highest BCUT2D eigenvalue weighted by molar-refractivity contribution is 6.04. The topological polar surface area (TPSA) is 96.3 Å². The van der Waals surface area contributed by atoms with E-state index in [0.717, 1.165) is 17.8 Å². The van der Waals surface area contributed by atoms with Gasteiger partial charge in [0.2, 0.25) is 0 Å². The van der Waals surface area contributed by atoms with Crippen LogP contribution in [0.15, 0.2) is 71.8 Å². The smallest absolute Gasteiger partial charge is 0.321 e. The maximum absolute atomic E-state index is 13.1. The number of amides is 3. The first-order valence-corrected chi connectivity index (χ1v) is 10.6. The fourth-order valence-electron chi connectivity index (χ4n) is 4.63. The molecule has 162 valence electrons. The highest BCUT2D eigenvalue weighted by atomic mass is 16.2. The van der Waals surface area contributed by atoms with Gasteiger partial charge in [-0.25, -0.2) is 4.79 Å². The fourth-order valence-corrected chi connectivity index (χ4v) is 4.63. The molecule has 4 heterocycles. The van der Waals surface area contributed by atoms with Gasteiger partial charge in [0.05, 0.1) is 0 Å². The molecule has 2 aliphatic heterocycles. The molecule has 0 radical (unpaired) electrons. The molecular weight excluding hydrogens is 406 g/mol. The molecule has 2 aliphatic rings. The minimum Gasteiger partial charge on any atom is -0.324 e. The highest BCUT2D eigenvalue weighted by Gasteiger charge is 2.36. The second-order valence-electron chi connectivity index (χ2n) is 8.28. The normalized spacial score (nSPS) is 19.1. The molecule has 8 heteroatoms. The summed E-state index contributed by atoms with van der Waals surface area (Å²) in [5.74, 6) is -0.0712. The summed E-state index contributed by atoms with van der Waals surface area (Å²) >= 11 is 0. The zero-order valence-corrected chi connectivity index (χ0v) is 17.4. The van der Waals surface area contributed by atoms with Crippen LogP contribution in [0.25, 0.3) is 0 Å². The van der Waals surface area contributed by atoms with Gasteiger partial charge in [-0.2, -0.15) is 0 Å². The second-order valence-corrected chi connectivity index (χ2v) is 8.28. The number of rotatable bonds is 3. The van der Waals surface area contributed by atoms with Crippen molar-refractivity contribution >= 4 is 23.3 Å². The lowest BCUT2D eigenvalue weighted by Crippen LogP contribution is -2.50. The summed E-state index contributed by atoms with van der Waals surface area (Å²) in [5.41, 5.74) is 2.17. The number of piperidine rings is 1. The molecule has 0 saturated carbocycles. The van der Waals surface area contributed by atoms with Crippen LogP contribution in [0.2, 0.25) is 0 Å². The van der Waals surface area contributed by atoms with E-state index in [1.54, 1.807) is 22.8 Å². The van der Waals surface area contributed by atoms with Crippen LogP contribution in [-0.2, 0) is 6.54 Å². The Morgan fingerprint density at radius 1 is 0.906 bits per heavy atom. The van der Waals surface area contributed by atoms with Gasteiger partial charge < -0.3 is 20.1 Å². The molecule has 32 heavy (non-hydrogen) atoms. The number of carbonyl (C=O) groups is 2. The molecule has 2 N–H and O–H groups in total. The first-order valence-electron chi connectivity index (χ1n) is 10.6. The van der Waals surface area contributed by atoms with Crippen molar-refractivity contribution < 1.29 is 9.59 Å². The molecule has 3 aromatic rings. The lowest BCUT2D eigenvalue weighted by Gasteiger charge is -2.42. The van der Waals surface area contributed by atoms with E-state index in [0.29, 0.717) is 25.2 Å². The number of nitrogens with zero attached hydrogens (tertiary/aromatic N) is 3. The van der Waals surface area contributed by atoms with Crippen LogP contribution in [0, 0.1) is 5.92 Å². The SMILES string of the molecule is O=C(Nc1ccc2n(c1=O)CC1CC2CN(C(=O)Nc2ccccc2)C1)c1ccncc1. The molecule has 2 unspecified atom stereocenters. The number of pyridine rings is 2. The van der Waals surface area contributed by atoms with E-state index >= 15 is 0 Å². The number of urea groups is 1. The van der Waals surface area contributed by atoms with E-state index in [1.807, 2.05) is 41.3 Å². The molecule has 5 rings (SSSR count). The monoisotopic (exact) mass is 429 g/mol. The predicted molar refractivity (Wildman–Crippen MR) is 121 cm³/mol. The Hall–Kier alpha value is -3.94. The largest absolute Gasteiger partial charge is 0.324 e. The molecule has 2 atom stereocenters. The second kappa shape index (κ2) is 8.30. The fraction of sp³-hybridized carbons (Fsp3) is 0.250. The number of carbonyl (C=O) groups excluding carboxylic acids is 2. The molecule has 2 aromatic heterocycles. The van der Waals surface area contributed by atoms with Crippen molar-refractivity contribution in [2.45, 2.75) is 18.9 Å². The van der Waals surface area contributed by atoms with Crippen molar-refractivity contribution in [2.24, 2.45) is 5.92 Å². The predicted octanol–water partition coefficient (Wildman–Crippen LogP) is 3.15. The van der Waals surface area contributed by atoms with Crippen LogP contribution < -0.4 is 16.2 Å². The Bertz CT molecular complexity index is 1210. The van der Waals surface area contributed by atoms with Crippen molar-refractivity contribution in [3.05, 3.63) is 88.6 Å². The van der Waals surface area contributed by atoms with E-state index in [2.05, 4.69) is 15.6 Å². The number of nitrogens with one attached hydrogen (secondary N) is 2. The summed E-state index contributed by atoms with van der Waals surface area (Å²) in [6, 6.07) is 16.0. The van der Waals surface area contributed by atoms with E-state index in [9.17, 15) is 14.4 Å². The van der Waals surface area contributed by atoms with Gasteiger partial charge in [0.15, 0.2) is 0 Å². The summed E-state index contributed by atoms with van der Waals surface area (Å²) in [6.45, 7) is 1.67. The third-order valence-electron chi connectivity index (χ3n) is 6.11. The number of para-hydroxylation sites is 1. The zero-order valence-electron chi connectivity index (χ0n) is 17.4. The molecule has 0 spiro atoms. The van der Waals surface area contributed by atoms with Crippen LogP contribution in [0.4, 0.5) is 16.2 Å². The number of hydrogen-bond acceptors (Lipinski definition) is 4. The minimum absolute atomic E-state index is 0.0849. The van der Waals surface area contributed by atoms with Gasteiger partial charge in [0, 0.05) is 54.9 Å². The lowest BCUT2D eigenvalue weighted by molar-refractivity contribution is 0.102. The number of benzene rings is 1. The number of likely N-dealkylation sites (tertiary alicyclic amines) is 1. The minimum atomic E-state index is -0.343. The van der Waals surface area contributed by atoms with Crippen LogP contribution in [0.1, 0.15) is 28.4 Å². The molecule has 8 nitrogen and oxygen atoms in total. The molecular formula is C24H23N5O3. The van der Waals surface area contributed by atoms with Gasteiger partial charge in [-0.15, -0.1) is 0 Å². The molecule has 0 aliphatic carbocycles. The lowest BCUT2D eigenvalue weighted by atomic mass is 9.83. The number of hydrogen-bond donors (Lipinski definition) is 2. The van der Waals surface area contributed by atoms with E-state index in [1.165, 1.54) is 12.4 Å². The quantitative estimate of drug-likeness (QED) is 0.669. The van der Waals surface area contributed by atoms with Crippen molar-refractivity contribution in [1.82, 2.24) is 14.5 Å². The Labute approximate surface area is 184 Å². The number of aromatic nitrogens is 2. The van der Waals surface area contributed by atoms with Gasteiger partial charge in [-0.1, -0.05) is 18.2 Å². The summed E-state index contributed by atoms with van der Waals surface area (Å²) in [4.78, 5) is 44.1. The van der Waals surface area contributed by atoms with Crippen LogP contribution >= 0.6 is 0 Å². The van der Waals surface area contributed by atoms with Gasteiger partial charge in [-0.3, -0.25) is 14.6 Å². The Morgan fingerprint density at radius 3 is 2.47 bits per heavy atom. The molecule has 1 saturated heterocycles. The van der Waals surface area contributed by atoms with Crippen molar-refractivity contribution in [1.29, 1.82) is 0 Å². The van der Waals surface area contributed by atoms with Crippen LogP contribution in [0.5, 0.6) is 0 Å². The van der Waals surface area contributed by atoms with E-state index in [-0.39, 0.29) is 35.0 Å². The molecule has 3 amide bonds. The maximum atomic E-state index is 13.1.